The van der Waals surface area contributed by atoms with Gasteiger partial charge in [0.05, 0.1) is 7.11 Å². The average Bonchev–Trinajstić information content (AvgIpc) is 3.11. The van der Waals surface area contributed by atoms with Crippen LogP contribution in [0.2, 0.25) is 0 Å². The van der Waals surface area contributed by atoms with Crippen molar-refractivity contribution in [3.63, 3.8) is 0 Å². The Bertz CT molecular complexity index is 1120. The number of nitrogens with zero attached hydrogens (tertiary/aromatic N) is 2. The summed E-state index contributed by atoms with van der Waals surface area (Å²) in [6.45, 7) is 0.441. The quantitative estimate of drug-likeness (QED) is 0.484. The summed E-state index contributed by atoms with van der Waals surface area (Å²) in [4.78, 5) is 0.868. The van der Waals surface area contributed by atoms with Crippen LogP contribution in [-0.2, 0) is 6.54 Å². The number of hydrogen-bond donors (Lipinski definition) is 2. The number of nitrogens with two attached hydrogens (primary N) is 1. The van der Waals surface area contributed by atoms with Gasteiger partial charge in [0.25, 0.3) is 0 Å². The molecule has 0 unspecified atom stereocenters. The van der Waals surface area contributed by atoms with E-state index in [0.29, 0.717) is 29.2 Å². The Morgan fingerprint density at radius 2 is 1.48 bits per heavy atom. The van der Waals surface area contributed by atoms with Gasteiger partial charge in [0.2, 0.25) is 0 Å². The molecule has 146 valence electrons. The molecule has 29 heavy (non-hydrogen) atoms. The lowest BCUT2D eigenvalue weighted by Gasteiger charge is -2.09. The Hall–Kier alpha value is -3.64. The van der Waals surface area contributed by atoms with E-state index < -0.39 is 0 Å². The van der Waals surface area contributed by atoms with Crippen LogP contribution in [-0.4, -0.2) is 22.3 Å². The highest BCUT2D eigenvalue weighted by Gasteiger charge is 2.22. The third-order valence-electron chi connectivity index (χ3n) is 4.83. The zero-order valence-electron chi connectivity index (χ0n) is 15.8. The van der Waals surface area contributed by atoms with E-state index in [1.807, 2.05) is 48.5 Å². The van der Waals surface area contributed by atoms with Crippen LogP contribution in [0.15, 0.2) is 72.8 Å². The van der Waals surface area contributed by atoms with Crippen molar-refractivity contribution in [1.82, 2.24) is 9.94 Å². The van der Waals surface area contributed by atoms with Crippen LogP contribution in [0.4, 0.5) is 4.39 Å². The molecule has 3 N–H and O–H groups in total. The lowest BCUT2D eigenvalue weighted by atomic mass is 9.95. The van der Waals surface area contributed by atoms with Crippen LogP contribution in [0.3, 0.4) is 0 Å². The summed E-state index contributed by atoms with van der Waals surface area (Å²) in [5.74, 6) is 0.378. The first-order valence-corrected chi connectivity index (χ1v) is 9.12. The van der Waals surface area contributed by atoms with Gasteiger partial charge >= 0.3 is 0 Å². The zero-order chi connectivity index (χ0) is 20.4. The molecular weight excluding hydrogens is 369 g/mol. The number of hydrogen-bond acceptors (Lipinski definition) is 4. The lowest BCUT2D eigenvalue weighted by molar-refractivity contribution is 0.154. The highest BCUT2D eigenvalue weighted by molar-refractivity contribution is 5.91. The van der Waals surface area contributed by atoms with Gasteiger partial charge in [-0.25, -0.2) is 4.39 Å². The molecule has 0 fully saturated rings. The van der Waals surface area contributed by atoms with Crippen LogP contribution in [0.5, 0.6) is 5.75 Å². The molecule has 6 heteroatoms. The largest absolute Gasteiger partial charge is 0.497 e. The van der Waals surface area contributed by atoms with Gasteiger partial charge in [-0.05, 0) is 47.5 Å². The van der Waals surface area contributed by atoms with Crippen molar-refractivity contribution in [3.05, 3.63) is 84.2 Å². The fourth-order valence-electron chi connectivity index (χ4n) is 3.31. The molecule has 4 rings (SSSR count). The molecule has 0 atom stereocenters. The van der Waals surface area contributed by atoms with Crippen molar-refractivity contribution in [1.29, 1.82) is 0 Å². The summed E-state index contributed by atoms with van der Waals surface area (Å²) in [7, 11) is 1.60. The number of aromatic nitrogens is 2. The maximum absolute atomic E-state index is 13.5. The first kappa shape index (κ1) is 18.7. The van der Waals surface area contributed by atoms with Crippen molar-refractivity contribution in [2.45, 2.75) is 6.54 Å². The smallest absolute Gasteiger partial charge is 0.123 e. The Kier molecular flexibility index (Phi) is 5.01. The molecule has 5 nitrogen and oxygen atoms in total. The van der Waals surface area contributed by atoms with Crippen molar-refractivity contribution < 1.29 is 14.3 Å². The van der Waals surface area contributed by atoms with Crippen molar-refractivity contribution in [3.8, 4) is 39.4 Å². The summed E-state index contributed by atoms with van der Waals surface area (Å²) < 4.78 is 18.7. The van der Waals surface area contributed by atoms with E-state index in [2.05, 4.69) is 5.10 Å². The van der Waals surface area contributed by atoms with Crippen molar-refractivity contribution >= 4 is 0 Å². The molecule has 4 aromatic rings. The average molecular weight is 389 g/mol. The van der Waals surface area contributed by atoms with Gasteiger partial charge in [0, 0.05) is 23.2 Å². The van der Waals surface area contributed by atoms with E-state index >= 15 is 0 Å². The molecule has 3 aromatic carbocycles. The van der Waals surface area contributed by atoms with Gasteiger partial charge in [-0.15, -0.1) is 9.94 Å². The van der Waals surface area contributed by atoms with Crippen LogP contribution in [0.1, 0.15) is 5.56 Å². The van der Waals surface area contributed by atoms with E-state index in [9.17, 15) is 9.60 Å². The van der Waals surface area contributed by atoms with Gasteiger partial charge in [0.1, 0.15) is 23.0 Å². The molecule has 1 heterocycles. The van der Waals surface area contributed by atoms with Crippen molar-refractivity contribution in [2.75, 3.05) is 7.11 Å². The van der Waals surface area contributed by atoms with Crippen LogP contribution in [0, 0.1) is 5.82 Å². The van der Waals surface area contributed by atoms with E-state index in [1.54, 1.807) is 19.2 Å². The number of halogens is 1. The maximum Gasteiger partial charge on any atom is 0.123 e. The van der Waals surface area contributed by atoms with Crippen LogP contribution >= 0.6 is 0 Å². The van der Waals surface area contributed by atoms with Gasteiger partial charge in [-0.3, -0.25) is 0 Å². The Morgan fingerprint density at radius 3 is 2.07 bits per heavy atom. The molecule has 0 aliphatic rings. The normalized spacial score (nSPS) is 10.9. The highest BCUT2D eigenvalue weighted by atomic mass is 19.1. The SMILES string of the molecule is COc1ccc(-c2c(-c3ccc(F)cc3)c(-c3ccc(CN)cc3)nn2O)cc1. The Morgan fingerprint density at radius 1 is 0.897 bits per heavy atom. The third-order valence-corrected chi connectivity index (χ3v) is 4.83. The minimum atomic E-state index is -0.329. The van der Waals surface area contributed by atoms with Crippen LogP contribution < -0.4 is 10.5 Å². The Labute approximate surface area is 167 Å². The second kappa shape index (κ2) is 7.77. The number of ether oxygens (including phenoxy) is 1. The molecule has 1 aromatic heterocycles. The summed E-state index contributed by atoms with van der Waals surface area (Å²) in [5, 5.41) is 15.0. The number of rotatable bonds is 5. The predicted octanol–water partition coefficient (Wildman–Crippen LogP) is 4.73. The zero-order valence-corrected chi connectivity index (χ0v) is 15.8. The molecule has 0 saturated carbocycles. The summed E-state index contributed by atoms with van der Waals surface area (Å²) in [5.41, 5.74) is 10.8. The van der Waals surface area contributed by atoms with Crippen LogP contribution in [0.25, 0.3) is 33.6 Å². The molecule has 0 radical (unpaired) electrons. The van der Waals surface area contributed by atoms with Gasteiger partial charge in [-0.1, -0.05) is 36.4 Å². The van der Waals surface area contributed by atoms with E-state index in [4.69, 9.17) is 10.5 Å². The first-order valence-electron chi connectivity index (χ1n) is 9.12. The van der Waals surface area contributed by atoms with E-state index in [0.717, 1.165) is 27.1 Å². The first-order chi connectivity index (χ1) is 14.1. The lowest BCUT2D eigenvalue weighted by Crippen LogP contribution is -1.96. The molecule has 0 amide bonds. The van der Waals surface area contributed by atoms with Crippen molar-refractivity contribution in [2.24, 2.45) is 5.73 Å². The molecule has 0 aliphatic heterocycles. The molecule has 0 spiro atoms. The molecular formula is C23H20FN3O2. The van der Waals surface area contributed by atoms with Gasteiger partial charge in [-0.2, -0.15) is 0 Å². The third kappa shape index (κ3) is 3.58. The molecule has 0 saturated heterocycles. The number of methoxy groups -OCH3 is 1. The monoisotopic (exact) mass is 389 g/mol. The van der Waals surface area contributed by atoms with E-state index in [1.165, 1.54) is 12.1 Å². The number of benzene rings is 3. The van der Waals surface area contributed by atoms with Gasteiger partial charge in [0.15, 0.2) is 0 Å². The minimum absolute atomic E-state index is 0.329. The highest BCUT2D eigenvalue weighted by Crippen LogP contribution is 2.40. The second-order valence-electron chi connectivity index (χ2n) is 6.60. The fraction of sp³-hybridized carbons (Fsp3) is 0.0870. The Balaban J connectivity index is 1.94. The molecule has 0 aliphatic carbocycles. The second-order valence-corrected chi connectivity index (χ2v) is 6.60. The summed E-state index contributed by atoms with van der Waals surface area (Å²) in [6.07, 6.45) is 0. The topological polar surface area (TPSA) is 73.3 Å². The maximum atomic E-state index is 13.5. The summed E-state index contributed by atoms with van der Waals surface area (Å²) >= 11 is 0. The fourth-order valence-corrected chi connectivity index (χ4v) is 3.31. The standard InChI is InChI=1S/C23H20FN3O2/c1-29-20-12-8-18(9-13-20)23-21(16-6-10-19(24)11-7-16)22(26-27(23)28)17-4-2-15(14-25)3-5-17/h2-13,28H,14,25H2,1H3. The summed E-state index contributed by atoms with van der Waals surface area (Å²) in [6, 6.07) is 21.1. The van der Waals surface area contributed by atoms with Gasteiger partial charge < -0.3 is 15.7 Å². The van der Waals surface area contributed by atoms with E-state index in [-0.39, 0.29) is 5.82 Å². The predicted molar refractivity (Wildman–Crippen MR) is 110 cm³/mol. The minimum Gasteiger partial charge on any atom is -0.497 e. The molecule has 0 bridgehead atoms.